The van der Waals surface area contributed by atoms with E-state index in [1.165, 1.54) is 0 Å². The van der Waals surface area contributed by atoms with E-state index in [9.17, 15) is 8.78 Å². The second-order valence-electron chi connectivity index (χ2n) is 5.72. The lowest BCUT2D eigenvalue weighted by Crippen LogP contribution is -2.37. The van der Waals surface area contributed by atoms with E-state index in [2.05, 4.69) is 31.2 Å². The van der Waals surface area contributed by atoms with Crippen molar-refractivity contribution in [2.75, 3.05) is 27.2 Å². The summed E-state index contributed by atoms with van der Waals surface area (Å²) in [6.07, 6.45) is 2.84. The standard InChI is InChI=1S/C13H26F2N2/c1-11(6-8-17(2)3)16-10-12-5-4-7-13(14,15)9-12/h11-12,16H,4-10H2,1-3H3. The normalized spacial score (nSPS) is 26.1. The molecule has 0 heterocycles. The van der Waals surface area contributed by atoms with Crippen LogP contribution in [0.15, 0.2) is 0 Å². The fourth-order valence-corrected chi connectivity index (χ4v) is 2.37. The lowest BCUT2D eigenvalue weighted by Gasteiger charge is -2.30. The van der Waals surface area contributed by atoms with Crippen LogP contribution in [-0.4, -0.2) is 44.0 Å². The average Bonchev–Trinajstić information content (AvgIpc) is 2.22. The van der Waals surface area contributed by atoms with E-state index >= 15 is 0 Å². The molecule has 0 spiro atoms. The van der Waals surface area contributed by atoms with Crippen LogP contribution in [0.2, 0.25) is 0 Å². The van der Waals surface area contributed by atoms with Crippen LogP contribution >= 0.6 is 0 Å². The summed E-state index contributed by atoms with van der Waals surface area (Å²) in [5.41, 5.74) is 0. The Kier molecular flexibility index (Phi) is 5.80. The van der Waals surface area contributed by atoms with E-state index in [1.807, 2.05) is 0 Å². The van der Waals surface area contributed by atoms with Crippen molar-refractivity contribution in [3.8, 4) is 0 Å². The van der Waals surface area contributed by atoms with Gasteiger partial charge in [-0.3, -0.25) is 0 Å². The molecule has 0 aromatic heterocycles. The monoisotopic (exact) mass is 248 g/mol. The lowest BCUT2D eigenvalue weighted by molar-refractivity contribution is -0.0522. The number of hydrogen-bond donors (Lipinski definition) is 1. The van der Waals surface area contributed by atoms with Gasteiger partial charge in [0.05, 0.1) is 0 Å². The minimum Gasteiger partial charge on any atom is -0.314 e. The molecule has 1 N–H and O–H groups in total. The Bertz CT molecular complexity index is 219. The first-order valence-corrected chi connectivity index (χ1v) is 6.65. The number of nitrogens with one attached hydrogen (secondary N) is 1. The van der Waals surface area contributed by atoms with Gasteiger partial charge in [-0.05, 0) is 59.3 Å². The van der Waals surface area contributed by atoms with E-state index < -0.39 is 5.92 Å². The maximum Gasteiger partial charge on any atom is 0.248 e. The first-order chi connectivity index (χ1) is 7.89. The van der Waals surface area contributed by atoms with Gasteiger partial charge >= 0.3 is 0 Å². The highest BCUT2D eigenvalue weighted by Crippen LogP contribution is 2.36. The van der Waals surface area contributed by atoms with Gasteiger partial charge in [-0.25, -0.2) is 8.78 Å². The summed E-state index contributed by atoms with van der Waals surface area (Å²) < 4.78 is 26.4. The molecular formula is C13H26F2N2. The minimum atomic E-state index is -2.42. The van der Waals surface area contributed by atoms with Gasteiger partial charge in [-0.15, -0.1) is 0 Å². The van der Waals surface area contributed by atoms with Crippen molar-refractivity contribution < 1.29 is 8.78 Å². The highest BCUT2D eigenvalue weighted by molar-refractivity contribution is 4.80. The molecule has 1 aliphatic rings. The molecule has 0 amide bonds. The number of nitrogens with zero attached hydrogens (tertiary/aromatic N) is 1. The van der Waals surface area contributed by atoms with E-state index in [0.717, 1.165) is 25.9 Å². The summed E-state index contributed by atoms with van der Waals surface area (Å²) in [6, 6.07) is 0.410. The maximum absolute atomic E-state index is 13.2. The molecule has 0 aromatic rings. The van der Waals surface area contributed by atoms with Crippen molar-refractivity contribution in [3.05, 3.63) is 0 Å². The van der Waals surface area contributed by atoms with Gasteiger partial charge in [0, 0.05) is 18.9 Å². The molecule has 2 atom stereocenters. The van der Waals surface area contributed by atoms with Crippen molar-refractivity contribution in [3.63, 3.8) is 0 Å². The molecule has 0 bridgehead atoms. The van der Waals surface area contributed by atoms with Gasteiger partial charge in [0.1, 0.15) is 0 Å². The third-order valence-corrected chi connectivity index (χ3v) is 3.51. The van der Waals surface area contributed by atoms with Crippen LogP contribution in [0.5, 0.6) is 0 Å². The van der Waals surface area contributed by atoms with Crippen LogP contribution in [0.3, 0.4) is 0 Å². The average molecular weight is 248 g/mol. The largest absolute Gasteiger partial charge is 0.314 e. The molecule has 0 radical (unpaired) electrons. The topological polar surface area (TPSA) is 15.3 Å². The van der Waals surface area contributed by atoms with E-state index in [-0.39, 0.29) is 18.8 Å². The second-order valence-corrected chi connectivity index (χ2v) is 5.72. The highest BCUT2D eigenvalue weighted by Gasteiger charge is 2.35. The zero-order valence-electron chi connectivity index (χ0n) is 11.3. The van der Waals surface area contributed by atoms with Gasteiger partial charge in [0.2, 0.25) is 5.92 Å². The Morgan fingerprint density at radius 3 is 2.71 bits per heavy atom. The smallest absolute Gasteiger partial charge is 0.248 e. The summed E-state index contributed by atoms with van der Waals surface area (Å²) in [7, 11) is 4.10. The fourth-order valence-electron chi connectivity index (χ4n) is 2.37. The number of halogens is 2. The van der Waals surface area contributed by atoms with Crippen molar-refractivity contribution in [1.82, 2.24) is 10.2 Å². The maximum atomic E-state index is 13.2. The molecule has 1 aliphatic carbocycles. The molecule has 0 aliphatic heterocycles. The van der Waals surface area contributed by atoms with Gasteiger partial charge in [-0.1, -0.05) is 0 Å². The Morgan fingerprint density at radius 1 is 1.41 bits per heavy atom. The molecule has 2 unspecified atom stereocenters. The Hall–Kier alpha value is -0.220. The third-order valence-electron chi connectivity index (χ3n) is 3.51. The fraction of sp³-hybridized carbons (Fsp3) is 1.00. The molecule has 1 saturated carbocycles. The predicted molar refractivity (Wildman–Crippen MR) is 67.5 cm³/mol. The summed E-state index contributed by atoms with van der Waals surface area (Å²) in [5.74, 6) is -2.27. The zero-order chi connectivity index (χ0) is 12.9. The lowest BCUT2D eigenvalue weighted by atomic mass is 9.86. The summed E-state index contributed by atoms with van der Waals surface area (Å²) in [5, 5.41) is 3.39. The van der Waals surface area contributed by atoms with E-state index in [0.29, 0.717) is 12.5 Å². The minimum absolute atomic E-state index is 0.0698. The molecular weight excluding hydrogens is 222 g/mol. The highest BCUT2D eigenvalue weighted by atomic mass is 19.3. The van der Waals surface area contributed by atoms with Crippen LogP contribution in [0.1, 0.15) is 39.0 Å². The van der Waals surface area contributed by atoms with Gasteiger partial charge in [-0.2, -0.15) is 0 Å². The Labute approximate surface area is 104 Å². The van der Waals surface area contributed by atoms with Gasteiger partial charge in [0.15, 0.2) is 0 Å². The van der Waals surface area contributed by atoms with Gasteiger partial charge < -0.3 is 10.2 Å². The second kappa shape index (κ2) is 6.64. The van der Waals surface area contributed by atoms with E-state index in [1.54, 1.807) is 0 Å². The molecule has 17 heavy (non-hydrogen) atoms. The Balaban J connectivity index is 2.17. The van der Waals surface area contributed by atoms with Crippen LogP contribution in [0.25, 0.3) is 0 Å². The molecule has 0 aromatic carbocycles. The number of alkyl halides is 2. The van der Waals surface area contributed by atoms with E-state index in [4.69, 9.17) is 0 Å². The van der Waals surface area contributed by atoms with Crippen molar-refractivity contribution in [2.45, 2.75) is 51.0 Å². The van der Waals surface area contributed by atoms with Crippen LogP contribution in [0.4, 0.5) is 8.78 Å². The van der Waals surface area contributed by atoms with Crippen LogP contribution in [0, 0.1) is 5.92 Å². The molecule has 4 heteroatoms. The molecule has 1 rings (SSSR count). The zero-order valence-corrected chi connectivity index (χ0v) is 11.3. The first kappa shape index (κ1) is 14.8. The predicted octanol–water partition coefficient (Wildman–Crippen LogP) is 2.74. The van der Waals surface area contributed by atoms with Crippen LogP contribution < -0.4 is 5.32 Å². The summed E-state index contributed by atoms with van der Waals surface area (Å²) >= 11 is 0. The first-order valence-electron chi connectivity index (χ1n) is 6.65. The number of hydrogen-bond acceptors (Lipinski definition) is 2. The van der Waals surface area contributed by atoms with Crippen molar-refractivity contribution >= 4 is 0 Å². The Morgan fingerprint density at radius 2 is 2.12 bits per heavy atom. The van der Waals surface area contributed by atoms with Gasteiger partial charge in [0.25, 0.3) is 0 Å². The van der Waals surface area contributed by atoms with Crippen LogP contribution in [-0.2, 0) is 0 Å². The quantitative estimate of drug-likeness (QED) is 0.777. The summed E-state index contributed by atoms with van der Waals surface area (Å²) in [6.45, 7) is 3.91. The molecule has 2 nitrogen and oxygen atoms in total. The molecule has 102 valence electrons. The third kappa shape index (κ3) is 6.32. The number of rotatable bonds is 6. The van der Waals surface area contributed by atoms with Crippen molar-refractivity contribution in [2.24, 2.45) is 5.92 Å². The SMILES string of the molecule is CC(CCN(C)C)NCC1CCCC(F)(F)C1. The van der Waals surface area contributed by atoms with Crippen molar-refractivity contribution in [1.29, 1.82) is 0 Å². The molecule has 1 fully saturated rings. The molecule has 0 saturated heterocycles. The summed E-state index contributed by atoms with van der Waals surface area (Å²) in [4.78, 5) is 2.15.